The van der Waals surface area contributed by atoms with Crippen molar-refractivity contribution < 1.29 is 4.52 Å². The molecule has 0 saturated heterocycles. The van der Waals surface area contributed by atoms with Gasteiger partial charge < -0.3 is 10.3 Å². The van der Waals surface area contributed by atoms with E-state index in [1.807, 2.05) is 16.8 Å². The molecule has 3 rings (SSSR count). The highest BCUT2D eigenvalue weighted by atomic mass is 32.1. The first-order valence-electron chi connectivity index (χ1n) is 5.96. The maximum atomic E-state index is 6.11. The fourth-order valence-corrected chi connectivity index (χ4v) is 3.00. The summed E-state index contributed by atoms with van der Waals surface area (Å²) in [5.74, 6) is 1.63. The Morgan fingerprint density at radius 1 is 1.35 bits per heavy atom. The highest BCUT2D eigenvalue weighted by Gasteiger charge is 2.28. The van der Waals surface area contributed by atoms with Crippen LogP contribution in [0.5, 0.6) is 0 Å². The first kappa shape index (κ1) is 10.9. The van der Waals surface area contributed by atoms with Gasteiger partial charge in [-0.1, -0.05) is 18.0 Å². The number of aromatic nitrogens is 2. The van der Waals surface area contributed by atoms with E-state index in [4.69, 9.17) is 10.3 Å². The summed E-state index contributed by atoms with van der Waals surface area (Å²) in [6, 6.07) is 2.17. The van der Waals surface area contributed by atoms with Gasteiger partial charge in [0.05, 0.1) is 5.92 Å². The number of rotatable bonds is 2. The molecule has 1 aliphatic rings. The van der Waals surface area contributed by atoms with Gasteiger partial charge in [-0.3, -0.25) is 0 Å². The van der Waals surface area contributed by atoms with Crippen LogP contribution in [0.25, 0.3) is 11.4 Å². The molecule has 2 atom stereocenters. The minimum atomic E-state index is 0.166. The lowest BCUT2D eigenvalue weighted by atomic mass is 9.85. The highest BCUT2D eigenvalue weighted by molar-refractivity contribution is 7.08. The predicted molar refractivity (Wildman–Crippen MR) is 66.8 cm³/mol. The van der Waals surface area contributed by atoms with Crippen LogP contribution in [-0.2, 0) is 0 Å². The molecule has 0 spiro atoms. The van der Waals surface area contributed by atoms with E-state index in [1.165, 1.54) is 12.8 Å². The van der Waals surface area contributed by atoms with Crippen molar-refractivity contribution in [2.24, 2.45) is 5.73 Å². The maximum absolute atomic E-state index is 6.11. The van der Waals surface area contributed by atoms with Gasteiger partial charge in [0, 0.05) is 17.0 Å². The molecule has 5 heteroatoms. The Morgan fingerprint density at radius 2 is 2.24 bits per heavy atom. The number of nitrogens with two attached hydrogens (primary N) is 1. The second-order valence-electron chi connectivity index (χ2n) is 4.52. The van der Waals surface area contributed by atoms with Crippen molar-refractivity contribution in [3.63, 3.8) is 0 Å². The minimum absolute atomic E-state index is 0.166. The third-order valence-electron chi connectivity index (χ3n) is 3.36. The number of thiophene rings is 1. The lowest BCUT2D eigenvalue weighted by Crippen LogP contribution is -2.31. The van der Waals surface area contributed by atoms with Gasteiger partial charge in [-0.25, -0.2) is 0 Å². The van der Waals surface area contributed by atoms with Crippen LogP contribution < -0.4 is 5.73 Å². The molecule has 2 aromatic heterocycles. The zero-order chi connectivity index (χ0) is 11.7. The summed E-state index contributed by atoms with van der Waals surface area (Å²) in [7, 11) is 0. The van der Waals surface area contributed by atoms with Crippen LogP contribution in [0.3, 0.4) is 0 Å². The highest BCUT2D eigenvalue weighted by Crippen LogP contribution is 2.32. The Labute approximate surface area is 104 Å². The van der Waals surface area contributed by atoms with Gasteiger partial charge >= 0.3 is 0 Å². The second kappa shape index (κ2) is 4.58. The van der Waals surface area contributed by atoms with Crippen molar-refractivity contribution >= 4 is 11.3 Å². The minimum Gasteiger partial charge on any atom is -0.339 e. The summed E-state index contributed by atoms with van der Waals surface area (Å²) < 4.78 is 5.36. The van der Waals surface area contributed by atoms with Crippen LogP contribution in [0.1, 0.15) is 37.5 Å². The summed E-state index contributed by atoms with van der Waals surface area (Å²) in [6.07, 6.45) is 4.53. The molecule has 0 unspecified atom stereocenters. The van der Waals surface area contributed by atoms with Crippen molar-refractivity contribution in [2.75, 3.05) is 0 Å². The Morgan fingerprint density at radius 3 is 3.00 bits per heavy atom. The molecular formula is C12H15N3OS. The number of hydrogen-bond acceptors (Lipinski definition) is 5. The molecule has 0 amide bonds. The van der Waals surface area contributed by atoms with Gasteiger partial charge in [-0.2, -0.15) is 16.3 Å². The van der Waals surface area contributed by atoms with Crippen LogP contribution in [0, 0.1) is 0 Å². The topological polar surface area (TPSA) is 64.9 Å². The van der Waals surface area contributed by atoms with Gasteiger partial charge in [0.25, 0.3) is 0 Å². The average Bonchev–Trinajstić information content (AvgIpc) is 3.00. The third-order valence-corrected chi connectivity index (χ3v) is 4.04. The first-order chi connectivity index (χ1) is 8.34. The molecular weight excluding hydrogens is 234 g/mol. The molecule has 2 aromatic rings. The van der Waals surface area contributed by atoms with Crippen molar-refractivity contribution in [3.05, 3.63) is 22.7 Å². The van der Waals surface area contributed by atoms with Crippen molar-refractivity contribution in [1.29, 1.82) is 0 Å². The van der Waals surface area contributed by atoms with E-state index >= 15 is 0 Å². The fourth-order valence-electron chi connectivity index (χ4n) is 2.36. The average molecular weight is 249 g/mol. The lowest BCUT2D eigenvalue weighted by molar-refractivity contribution is 0.290. The Balaban J connectivity index is 1.84. The Bertz CT molecular complexity index is 480. The third kappa shape index (κ3) is 2.12. The molecule has 17 heavy (non-hydrogen) atoms. The second-order valence-corrected chi connectivity index (χ2v) is 5.30. The molecule has 1 aliphatic carbocycles. The van der Waals surface area contributed by atoms with Crippen LogP contribution in [0.15, 0.2) is 21.3 Å². The normalized spacial score (nSPS) is 25.0. The van der Waals surface area contributed by atoms with E-state index in [0.29, 0.717) is 11.7 Å². The predicted octanol–water partition coefficient (Wildman–Crippen LogP) is 2.78. The molecule has 2 N–H and O–H groups in total. The van der Waals surface area contributed by atoms with E-state index in [1.54, 1.807) is 11.3 Å². The molecule has 4 nitrogen and oxygen atoms in total. The zero-order valence-electron chi connectivity index (χ0n) is 9.50. The van der Waals surface area contributed by atoms with Crippen LogP contribution >= 0.6 is 11.3 Å². The van der Waals surface area contributed by atoms with Crippen LogP contribution in [0.2, 0.25) is 0 Å². The summed E-state index contributed by atoms with van der Waals surface area (Å²) in [4.78, 5) is 4.48. The summed E-state index contributed by atoms with van der Waals surface area (Å²) in [6.45, 7) is 0. The fraction of sp³-hybridized carbons (Fsp3) is 0.500. The van der Waals surface area contributed by atoms with E-state index in [0.717, 1.165) is 18.4 Å². The lowest BCUT2D eigenvalue weighted by Gasteiger charge is -2.25. The summed E-state index contributed by atoms with van der Waals surface area (Å²) in [5, 5.41) is 8.07. The molecule has 0 radical (unpaired) electrons. The zero-order valence-corrected chi connectivity index (χ0v) is 10.3. The standard InChI is InChI=1S/C12H15N3OS/c13-10-4-2-1-3-9(10)12-14-11(15-16-12)8-5-6-17-7-8/h5-7,9-10H,1-4,13H2/t9-,10-/m0/s1. The SMILES string of the molecule is N[C@H]1CCCC[C@@H]1c1nc(-c2ccsc2)no1. The molecule has 2 heterocycles. The van der Waals surface area contributed by atoms with Crippen LogP contribution in [0.4, 0.5) is 0 Å². The first-order valence-corrected chi connectivity index (χ1v) is 6.90. The van der Waals surface area contributed by atoms with Gasteiger partial charge in [-0.15, -0.1) is 0 Å². The van der Waals surface area contributed by atoms with Gasteiger partial charge in [0.2, 0.25) is 11.7 Å². The Kier molecular flexibility index (Phi) is 2.94. The van der Waals surface area contributed by atoms with E-state index in [-0.39, 0.29) is 12.0 Å². The van der Waals surface area contributed by atoms with Crippen LogP contribution in [-0.4, -0.2) is 16.2 Å². The monoisotopic (exact) mass is 249 g/mol. The van der Waals surface area contributed by atoms with Gasteiger partial charge in [0.1, 0.15) is 0 Å². The van der Waals surface area contributed by atoms with Crippen molar-refractivity contribution in [3.8, 4) is 11.4 Å². The molecule has 1 fully saturated rings. The van der Waals surface area contributed by atoms with Gasteiger partial charge in [0.15, 0.2) is 0 Å². The van der Waals surface area contributed by atoms with E-state index in [2.05, 4.69) is 10.1 Å². The summed E-state index contributed by atoms with van der Waals surface area (Å²) >= 11 is 1.63. The van der Waals surface area contributed by atoms with Gasteiger partial charge in [-0.05, 0) is 24.3 Å². The quantitative estimate of drug-likeness (QED) is 0.888. The number of nitrogens with zero attached hydrogens (tertiary/aromatic N) is 2. The van der Waals surface area contributed by atoms with E-state index in [9.17, 15) is 0 Å². The molecule has 0 aromatic carbocycles. The summed E-state index contributed by atoms with van der Waals surface area (Å²) in [5.41, 5.74) is 7.14. The smallest absolute Gasteiger partial charge is 0.231 e. The molecule has 0 bridgehead atoms. The molecule has 0 aliphatic heterocycles. The van der Waals surface area contributed by atoms with Crippen molar-refractivity contribution in [2.45, 2.75) is 37.6 Å². The van der Waals surface area contributed by atoms with Crippen molar-refractivity contribution in [1.82, 2.24) is 10.1 Å². The Hall–Kier alpha value is -1.20. The molecule has 1 saturated carbocycles. The van der Waals surface area contributed by atoms with E-state index < -0.39 is 0 Å². The largest absolute Gasteiger partial charge is 0.339 e. The number of hydrogen-bond donors (Lipinski definition) is 1. The molecule has 90 valence electrons. The maximum Gasteiger partial charge on any atom is 0.231 e.